The largest absolute Gasteiger partial charge is 0.416 e. The Kier molecular flexibility index (Phi) is 6.92. The second-order valence-electron chi connectivity index (χ2n) is 7.94. The predicted molar refractivity (Wildman–Crippen MR) is 132 cm³/mol. The summed E-state index contributed by atoms with van der Waals surface area (Å²) in [5.41, 5.74) is 1.31. The molecule has 0 atom stereocenters. The molecule has 36 heavy (non-hydrogen) atoms. The van der Waals surface area contributed by atoms with Crippen LogP contribution in [-0.4, -0.2) is 23.9 Å². The van der Waals surface area contributed by atoms with Gasteiger partial charge in [0.2, 0.25) is 0 Å². The lowest BCUT2D eigenvalue weighted by Gasteiger charge is -2.12. The average molecular weight is 534 g/mol. The molecule has 0 saturated carbocycles. The van der Waals surface area contributed by atoms with Crippen molar-refractivity contribution in [3.8, 4) is 0 Å². The molecule has 186 valence electrons. The first kappa shape index (κ1) is 25.5. The Morgan fingerprint density at radius 2 is 1.81 bits per heavy atom. The van der Waals surface area contributed by atoms with Crippen molar-refractivity contribution in [3.63, 3.8) is 0 Å². The molecule has 0 aliphatic heterocycles. The molecule has 6 nitrogen and oxygen atoms in total. The van der Waals surface area contributed by atoms with E-state index in [2.05, 4.69) is 4.98 Å². The van der Waals surface area contributed by atoms with Crippen LogP contribution in [0.25, 0.3) is 17.1 Å². The van der Waals surface area contributed by atoms with Gasteiger partial charge in [0.25, 0.3) is 15.9 Å². The number of amides is 1. The quantitative estimate of drug-likeness (QED) is 0.340. The van der Waals surface area contributed by atoms with E-state index in [-0.39, 0.29) is 17.1 Å². The van der Waals surface area contributed by atoms with Crippen LogP contribution in [-0.2, 0) is 22.7 Å². The fourth-order valence-corrected chi connectivity index (χ4v) is 4.58. The molecule has 0 unspecified atom stereocenters. The van der Waals surface area contributed by atoms with Crippen LogP contribution in [0.5, 0.6) is 0 Å². The molecule has 11 heteroatoms. The third kappa shape index (κ3) is 5.77. The maximum atomic E-state index is 13.0. The Bertz CT molecular complexity index is 1580. The van der Waals surface area contributed by atoms with Crippen LogP contribution < -0.4 is 4.72 Å². The number of rotatable bonds is 6. The number of nitrogens with zero attached hydrogens (tertiary/aromatic N) is 2. The van der Waals surface area contributed by atoms with Gasteiger partial charge < -0.3 is 4.57 Å². The number of halogens is 4. The van der Waals surface area contributed by atoms with Crippen molar-refractivity contribution in [1.82, 2.24) is 14.3 Å². The number of hydrogen-bond acceptors (Lipinski definition) is 4. The molecule has 1 heterocycles. The van der Waals surface area contributed by atoms with Gasteiger partial charge in [-0.3, -0.25) is 4.79 Å². The molecule has 1 aromatic heterocycles. The van der Waals surface area contributed by atoms with Crippen LogP contribution >= 0.6 is 11.6 Å². The summed E-state index contributed by atoms with van der Waals surface area (Å²) in [6.45, 7) is 1.80. The number of sulfonamides is 1. The molecule has 1 N–H and O–H groups in total. The van der Waals surface area contributed by atoms with Crippen LogP contribution in [0.2, 0.25) is 5.02 Å². The van der Waals surface area contributed by atoms with Gasteiger partial charge in [-0.25, -0.2) is 18.1 Å². The highest BCUT2D eigenvalue weighted by atomic mass is 35.5. The normalized spacial score (nSPS) is 12.4. The number of aromatic nitrogens is 2. The predicted octanol–water partition coefficient (Wildman–Crippen LogP) is 5.80. The third-order valence-corrected chi connectivity index (χ3v) is 6.70. The molecular weight excluding hydrogens is 515 g/mol. The second-order valence-corrected chi connectivity index (χ2v) is 9.92. The first-order valence-corrected chi connectivity index (χ1v) is 12.5. The molecular formula is C25H19ClF3N3O3S. The van der Waals surface area contributed by atoms with Crippen molar-refractivity contribution in [2.75, 3.05) is 0 Å². The molecule has 3 aromatic carbocycles. The Morgan fingerprint density at radius 3 is 2.47 bits per heavy atom. The summed E-state index contributed by atoms with van der Waals surface area (Å²) in [5.74, 6) is -0.301. The maximum Gasteiger partial charge on any atom is 0.416 e. The first-order chi connectivity index (χ1) is 16.9. The highest BCUT2D eigenvalue weighted by molar-refractivity contribution is 7.93. The smallest absolute Gasteiger partial charge is 0.324 e. The van der Waals surface area contributed by atoms with Crippen LogP contribution in [0, 0.1) is 6.92 Å². The minimum Gasteiger partial charge on any atom is -0.324 e. The lowest BCUT2D eigenvalue weighted by Crippen LogP contribution is -2.28. The van der Waals surface area contributed by atoms with E-state index in [1.54, 1.807) is 47.9 Å². The Labute approximate surface area is 210 Å². The monoisotopic (exact) mass is 533 g/mol. The number of aryl methyl sites for hydroxylation is 1. The number of benzene rings is 3. The molecule has 0 spiro atoms. The lowest BCUT2D eigenvalue weighted by molar-refractivity contribution is -0.137. The van der Waals surface area contributed by atoms with Gasteiger partial charge in [0.15, 0.2) is 0 Å². The molecule has 0 aliphatic rings. The number of imidazole rings is 1. The third-order valence-electron chi connectivity index (χ3n) is 5.38. The molecule has 1 amide bonds. The standard InChI is InChI=1S/C25H19ClF3N3O3S/c1-16-30-22-10-8-18(24(33)31-36(34,35)12-11-17-5-3-2-4-6-17)13-23(22)32(16)15-19-7-9-20(14-21(19)26)25(27,28)29/h2-14H,15H2,1H3,(H,31,33)/b12-11+. The Balaban J connectivity index is 1.59. The van der Waals surface area contributed by atoms with E-state index < -0.39 is 27.7 Å². The van der Waals surface area contributed by atoms with E-state index in [4.69, 9.17) is 11.6 Å². The van der Waals surface area contributed by atoms with Gasteiger partial charge in [-0.1, -0.05) is 48.0 Å². The Hall–Kier alpha value is -3.63. The van der Waals surface area contributed by atoms with Gasteiger partial charge in [0.05, 0.1) is 28.5 Å². The van der Waals surface area contributed by atoms with E-state index in [0.29, 0.717) is 28.0 Å². The molecule has 0 saturated heterocycles. The number of alkyl halides is 3. The van der Waals surface area contributed by atoms with Crippen molar-refractivity contribution in [1.29, 1.82) is 0 Å². The molecule has 4 aromatic rings. The second kappa shape index (κ2) is 9.79. The zero-order chi connectivity index (χ0) is 26.1. The van der Waals surface area contributed by atoms with Crippen molar-refractivity contribution in [2.24, 2.45) is 0 Å². The zero-order valence-electron chi connectivity index (χ0n) is 18.8. The maximum absolute atomic E-state index is 13.0. The number of hydrogen-bond donors (Lipinski definition) is 1. The average Bonchev–Trinajstić information content (AvgIpc) is 3.13. The fourth-order valence-electron chi connectivity index (χ4n) is 3.56. The zero-order valence-corrected chi connectivity index (χ0v) is 20.3. The topological polar surface area (TPSA) is 81.1 Å². The van der Waals surface area contributed by atoms with E-state index >= 15 is 0 Å². The van der Waals surface area contributed by atoms with Gasteiger partial charge in [0.1, 0.15) is 5.82 Å². The van der Waals surface area contributed by atoms with Crippen LogP contribution in [0.1, 0.15) is 32.9 Å². The van der Waals surface area contributed by atoms with Crippen molar-refractivity contribution < 1.29 is 26.4 Å². The van der Waals surface area contributed by atoms with Crippen molar-refractivity contribution >= 4 is 44.6 Å². The summed E-state index contributed by atoms with van der Waals surface area (Å²) in [5, 5.41) is 0.844. The van der Waals surface area contributed by atoms with Gasteiger partial charge in [-0.15, -0.1) is 0 Å². The molecule has 0 aliphatic carbocycles. The van der Waals surface area contributed by atoms with E-state index in [9.17, 15) is 26.4 Å². The summed E-state index contributed by atoms with van der Waals surface area (Å²) in [6.07, 6.45) is -3.15. The van der Waals surface area contributed by atoms with Gasteiger partial charge in [0, 0.05) is 10.6 Å². The summed E-state index contributed by atoms with van der Waals surface area (Å²) in [4.78, 5) is 17.1. The minimum absolute atomic E-state index is 0.0590. The summed E-state index contributed by atoms with van der Waals surface area (Å²) in [6, 6.07) is 16.3. The van der Waals surface area contributed by atoms with Gasteiger partial charge in [-0.05, 0) is 54.5 Å². The van der Waals surface area contributed by atoms with Crippen LogP contribution in [0.3, 0.4) is 0 Å². The molecule has 0 radical (unpaired) electrons. The van der Waals surface area contributed by atoms with Crippen molar-refractivity contribution in [3.05, 3.63) is 105 Å². The first-order valence-electron chi connectivity index (χ1n) is 10.6. The van der Waals surface area contributed by atoms with E-state index in [1.165, 1.54) is 24.3 Å². The number of fused-ring (bicyclic) bond motifs is 1. The van der Waals surface area contributed by atoms with Crippen LogP contribution in [0.4, 0.5) is 13.2 Å². The molecule has 0 fully saturated rings. The highest BCUT2D eigenvalue weighted by Crippen LogP contribution is 2.32. The SMILES string of the molecule is Cc1nc2ccc(C(=O)NS(=O)(=O)/C=C/c3ccccc3)cc2n1Cc1ccc(C(F)(F)F)cc1Cl. The highest BCUT2D eigenvalue weighted by Gasteiger charge is 2.31. The Morgan fingerprint density at radius 1 is 1.08 bits per heavy atom. The number of nitrogens with one attached hydrogen (secondary N) is 1. The summed E-state index contributed by atoms with van der Waals surface area (Å²) < 4.78 is 67.3. The van der Waals surface area contributed by atoms with Crippen molar-refractivity contribution in [2.45, 2.75) is 19.6 Å². The molecule has 4 rings (SSSR count). The van der Waals surface area contributed by atoms with Gasteiger partial charge >= 0.3 is 6.18 Å². The van der Waals surface area contributed by atoms with E-state index in [0.717, 1.165) is 17.5 Å². The lowest BCUT2D eigenvalue weighted by atomic mass is 10.1. The number of carbonyl (C=O) groups excluding carboxylic acids is 1. The fraction of sp³-hybridized carbons (Fsp3) is 0.120. The number of carbonyl (C=O) groups is 1. The summed E-state index contributed by atoms with van der Waals surface area (Å²) in [7, 11) is -4.07. The molecule has 0 bridgehead atoms. The van der Waals surface area contributed by atoms with Crippen LogP contribution in [0.15, 0.2) is 72.1 Å². The summed E-state index contributed by atoms with van der Waals surface area (Å²) >= 11 is 6.11. The van der Waals surface area contributed by atoms with E-state index in [1.807, 2.05) is 4.72 Å². The van der Waals surface area contributed by atoms with Gasteiger partial charge in [-0.2, -0.15) is 13.2 Å². The minimum atomic E-state index is -4.52.